The predicted octanol–water partition coefficient (Wildman–Crippen LogP) is 6.47. The van der Waals surface area contributed by atoms with Crippen LogP contribution in [0.2, 0.25) is 20.1 Å². The van der Waals surface area contributed by atoms with Gasteiger partial charge in [0.15, 0.2) is 11.8 Å². The summed E-state index contributed by atoms with van der Waals surface area (Å²) in [6, 6.07) is 19.5. The van der Waals surface area contributed by atoms with Gasteiger partial charge in [0.05, 0.1) is 25.4 Å². The molecule has 0 bridgehead atoms. The Morgan fingerprint density at radius 1 is 0.909 bits per heavy atom. The third kappa shape index (κ3) is 7.21. The SMILES string of the molecule is C[C@@]1(OC(=O)c2ccccc2)[C@H](OCc2ccc(Cl)cc2Cl)[C@@H](COCc2ccc(Cl)cc2Cl)O[C@H]1n1ccc(=O)[nH]c1=O. The van der Waals surface area contributed by atoms with Crippen LogP contribution in [-0.4, -0.2) is 39.9 Å². The fraction of sp³-hybridized carbons (Fsp3) is 0.258. The number of aromatic nitrogens is 2. The Bertz CT molecular complexity index is 1760. The highest BCUT2D eigenvalue weighted by molar-refractivity contribution is 6.35. The van der Waals surface area contributed by atoms with E-state index in [1.807, 2.05) is 0 Å². The van der Waals surface area contributed by atoms with Crippen molar-refractivity contribution in [2.24, 2.45) is 0 Å². The van der Waals surface area contributed by atoms with Crippen molar-refractivity contribution in [3.05, 3.63) is 137 Å². The smallest absolute Gasteiger partial charge is 0.338 e. The molecule has 3 aromatic carbocycles. The Morgan fingerprint density at radius 3 is 2.16 bits per heavy atom. The van der Waals surface area contributed by atoms with Crippen LogP contribution in [-0.2, 0) is 32.2 Å². The van der Waals surface area contributed by atoms with Crippen molar-refractivity contribution in [3.8, 4) is 0 Å². The molecule has 2 heterocycles. The number of aromatic amines is 1. The van der Waals surface area contributed by atoms with E-state index in [9.17, 15) is 14.4 Å². The summed E-state index contributed by atoms with van der Waals surface area (Å²) < 4.78 is 26.0. The molecule has 1 fully saturated rings. The average Bonchev–Trinajstić information content (AvgIpc) is 3.24. The molecule has 1 aromatic heterocycles. The molecular weight excluding hydrogens is 654 g/mol. The highest BCUT2D eigenvalue weighted by atomic mass is 35.5. The Hall–Kier alpha value is -3.15. The lowest BCUT2D eigenvalue weighted by atomic mass is 9.95. The lowest BCUT2D eigenvalue weighted by Gasteiger charge is -2.35. The van der Waals surface area contributed by atoms with Crippen molar-refractivity contribution >= 4 is 52.4 Å². The normalized spacial score (nSPS) is 21.3. The molecule has 1 saturated heterocycles. The summed E-state index contributed by atoms with van der Waals surface area (Å²) in [5.41, 5.74) is -1.40. The number of nitrogens with zero attached hydrogens (tertiary/aromatic N) is 1. The fourth-order valence-corrected chi connectivity index (χ4v) is 5.84. The Balaban J connectivity index is 1.50. The second-order valence-corrected chi connectivity index (χ2v) is 11.9. The largest absolute Gasteiger partial charge is 0.448 e. The van der Waals surface area contributed by atoms with E-state index in [2.05, 4.69) is 4.98 Å². The molecule has 1 aliphatic heterocycles. The first kappa shape index (κ1) is 32.2. The molecule has 0 amide bonds. The van der Waals surface area contributed by atoms with Crippen LogP contribution in [0, 0.1) is 0 Å². The van der Waals surface area contributed by atoms with Gasteiger partial charge in [-0.25, -0.2) is 9.59 Å². The molecule has 0 saturated carbocycles. The number of hydrogen-bond acceptors (Lipinski definition) is 7. The first-order valence-corrected chi connectivity index (χ1v) is 14.9. The highest BCUT2D eigenvalue weighted by Crippen LogP contribution is 2.43. The fourth-order valence-electron chi connectivity index (χ4n) is 4.92. The molecule has 0 radical (unpaired) electrons. The average molecular weight is 680 g/mol. The van der Waals surface area contributed by atoms with Crippen LogP contribution >= 0.6 is 46.4 Å². The predicted molar refractivity (Wildman–Crippen MR) is 167 cm³/mol. The van der Waals surface area contributed by atoms with Gasteiger partial charge in [-0.3, -0.25) is 14.3 Å². The van der Waals surface area contributed by atoms with E-state index in [0.717, 1.165) is 4.57 Å². The van der Waals surface area contributed by atoms with Crippen LogP contribution < -0.4 is 11.2 Å². The summed E-state index contributed by atoms with van der Waals surface area (Å²) in [6.07, 6.45) is -1.82. The molecule has 5 rings (SSSR count). The number of esters is 1. The molecular formula is C31H26Cl4N2O7. The van der Waals surface area contributed by atoms with Gasteiger partial charge in [-0.05, 0) is 54.4 Å². The minimum absolute atomic E-state index is 0.0186. The molecule has 0 unspecified atom stereocenters. The van der Waals surface area contributed by atoms with Gasteiger partial charge in [0.1, 0.15) is 12.2 Å². The minimum atomic E-state index is -1.61. The van der Waals surface area contributed by atoms with Crippen LogP contribution in [0.4, 0.5) is 0 Å². The number of carbonyl (C=O) groups excluding carboxylic acids is 1. The van der Waals surface area contributed by atoms with Crippen LogP contribution in [0.25, 0.3) is 0 Å². The summed E-state index contributed by atoms with van der Waals surface area (Å²) >= 11 is 24.8. The van der Waals surface area contributed by atoms with Crippen LogP contribution in [0.3, 0.4) is 0 Å². The van der Waals surface area contributed by atoms with Gasteiger partial charge in [-0.15, -0.1) is 0 Å². The number of halogens is 4. The molecule has 44 heavy (non-hydrogen) atoms. The summed E-state index contributed by atoms with van der Waals surface area (Å²) in [5, 5.41) is 1.74. The Kier molecular flexibility index (Phi) is 10.2. The Labute approximate surface area is 272 Å². The lowest BCUT2D eigenvalue weighted by Crippen LogP contribution is -2.51. The van der Waals surface area contributed by atoms with Crippen molar-refractivity contribution in [3.63, 3.8) is 0 Å². The van der Waals surface area contributed by atoms with E-state index in [1.54, 1.807) is 73.7 Å². The first-order chi connectivity index (χ1) is 21.0. The number of benzene rings is 3. The zero-order valence-electron chi connectivity index (χ0n) is 23.2. The van der Waals surface area contributed by atoms with Crippen molar-refractivity contribution in [2.45, 2.75) is 44.2 Å². The number of nitrogens with one attached hydrogen (secondary N) is 1. The van der Waals surface area contributed by atoms with Gasteiger partial charge in [0.25, 0.3) is 5.56 Å². The van der Waals surface area contributed by atoms with E-state index >= 15 is 0 Å². The van der Waals surface area contributed by atoms with E-state index in [-0.39, 0.29) is 25.4 Å². The standard InChI is InChI=1S/C31H26Cl4N2O7/c1-31(44-28(39)18-5-3-2-4-6-18)27(42-16-20-8-10-22(33)14-24(20)35)25(17-41-15-19-7-9-21(32)13-23(19)34)43-29(31)37-12-11-26(38)36-30(37)40/h2-14,25,27,29H,15-17H2,1H3,(H,36,38,40)/t25-,27-,29-,31-/m1/s1. The third-order valence-electron chi connectivity index (χ3n) is 7.11. The number of H-pyrrole nitrogens is 1. The number of hydrogen-bond donors (Lipinski definition) is 1. The van der Waals surface area contributed by atoms with Gasteiger partial charge < -0.3 is 18.9 Å². The van der Waals surface area contributed by atoms with Gasteiger partial charge >= 0.3 is 11.7 Å². The first-order valence-electron chi connectivity index (χ1n) is 13.4. The maximum Gasteiger partial charge on any atom is 0.338 e. The molecule has 9 nitrogen and oxygen atoms in total. The molecule has 0 spiro atoms. The maximum atomic E-state index is 13.4. The molecule has 1 aliphatic rings. The van der Waals surface area contributed by atoms with Crippen LogP contribution in [0.1, 0.15) is 34.6 Å². The third-order valence-corrected chi connectivity index (χ3v) is 8.28. The zero-order valence-corrected chi connectivity index (χ0v) is 26.2. The van der Waals surface area contributed by atoms with E-state index < -0.39 is 41.3 Å². The molecule has 0 aliphatic carbocycles. The van der Waals surface area contributed by atoms with Crippen molar-refractivity contribution < 1.29 is 23.7 Å². The molecule has 230 valence electrons. The molecule has 1 N–H and O–H groups in total. The van der Waals surface area contributed by atoms with Crippen molar-refractivity contribution in [1.29, 1.82) is 0 Å². The van der Waals surface area contributed by atoms with E-state index in [4.69, 9.17) is 65.4 Å². The second kappa shape index (κ2) is 13.9. The number of carbonyl (C=O) groups is 1. The van der Waals surface area contributed by atoms with Gasteiger partial charge in [0.2, 0.25) is 0 Å². The highest BCUT2D eigenvalue weighted by Gasteiger charge is 2.59. The zero-order chi connectivity index (χ0) is 31.4. The van der Waals surface area contributed by atoms with Gasteiger partial charge in [-0.2, -0.15) is 0 Å². The number of ether oxygens (including phenoxy) is 4. The molecule has 4 aromatic rings. The van der Waals surface area contributed by atoms with E-state index in [0.29, 0.717) is 31.2 Å². The maximum absolute atomic E-state index is 13.4. The van der Waals surface area contributed by atoms with Crippen LogP contribution in [0.5, 0.6) is 0 Å². The summed E-state index contributed by atoms with van der Waals surface area (Å²) in [4.78, 5) is 40.5. The van der Waals surface area contributed by atoms with Crippen molar-refractivity contribution in [1.82, 2.24) is 9.55 Å². The summed E-state index contributed by atoms with van der Waals surface area (Å²) in [7, 11) is 0. The molecule has 13 heteroatoms. The number of rotatable bonds is 10. The minimum Gasteiger partial charge on any atom is -0.448 e. The monoisotopic (exact) mass is 678 g/mol. The quantitative estimate of drug-likeness (QED) is 0.192. The van der Waals surface area contributed by atoms with Crippen molar-refractivity contribution in [2.75, 3.05) is 6.61 Å². The lowest BCUT2D eigenvalue weighted by molar-refractivity contribution is -0.124. The van der Waals surface area contributed by atoms with E-state index in [1.165, 1.54) is 12.3 Å². The summed E-state index contributed by atoms with van der Waals surface area (Å²) in [5.74, 6) is -0.674. The Morgan fingerprint density at radius 2 is 1.55 bits per heavy atom. The van der Waals surface area contributed by atoms with Gasteiger partial charge in [0, 0.05) is 32.4 Å². The second-order valence-electron chi connectivity index (χ2n) is 10.2. The van der Waals surface area contributed by atoms with Crippen LogP contribution in [0.15, 0.2) is 88.6 Å². The van der Waals surface area contributed by atoms with Gasteiger partial charge in [-0.1, -0.05) is 76.7 Å². The summed E-state index contributed by atoms with van der Waals surface area (Å²) in [6.45, 7) is 1.63. The topological polar surface area (TPSA) is 109 Å². The molecule has 4 atom stereocenters.